The lowest BCUT2D eigenvalue weighted by Gasteiger charge is -2.41. The van der Waals surface area contributed by atoms with Crippen molar-refractivity contribution in [1.29, 1.82) is 0 Å². The van der Waals surface area contributed by atoms with Crippen LogP contribution < -0.4 is 30.7 Å². The normalized spacial score (nSPS) is 18.3. The largest absolute Gasteiger partial charge is 0.405 e. The summed E-state index contributed by atoms with van der Waals surface area (Å²) < 4.78 is 128. The van der Waals surface area contributed by atoms with E-state index in [1.54, 1.807) is 98.2 Å². The monoisotopic (exact) mass is 1330 g/mol. The molecule has 12 heterocycles. The van der Waals surface area contributed by atoms with Gasteiger partial charge in [0.2, 0.25) is 23.6 Å². The average molecular weight is 1330 g/mol. The number of hydrogen-bond acceptors (Lipinski definition) is 16. The van der Waals surface area contributed by atoms with Crippen molar-refractivity contribution in [3.63, 3.8) is 0 Å². The smallest absolute Gasteiger partial charge is 0.345 e. The molecule has 23 nitrogen and oxygen atoms in total. The van der Waals surface area contributed by atoms with Crippen molar-refractivity contribution in [2.24, 2.45) is 0 Å². The molecule has 9 aromatic heterocycles. The van der Waals surface area contributed by atoms with Crippen LogP contribution >= 0.6 is 0 Å². The maximum absolute atomic E-state index is 14.7. The minimum atomic E-state index is -4.56. The molecule has 0 saturated carbocycles. The number of alkyl halides is 9. The first-order valence-electron chi connectivity index (χ1n) is 29.4. The molecule has 12 rings (SSSR count). The van der Waals surface area contributed by atoms with Crippen LogP contribution in [0.1, 0.15) is 61.9 Å². The summed E-state index contributed by atoms with van der Waals surface area (Å²) in [6.45, 7) is 3.60. The molecule has 3 saturated heterocycles. The van der Waals surface area contributed by atoms with Gasteiger partial charge in [0.1, 0.15) is 65.3 Å². The van der Waals surface area contributed by atoms with Crippen LogP contribution in [0.15, 0.2) is 116 Å². The van der Waals surface area contributed by atoms with Gasteiger partial charge in [-0.15, -0.1) is 0 Å². The van der Waals surface area contributed by atoms with Crippen LogP contribution in [0.3, 0.4) is 0 Å². The average Bonchev–Trinajstić information content (AvgIpc) is 1.57. The van der Waals surface area contributed by atoms with Crippen LogP contribution in [0.2, 0.25) is 0 Å². The highest BCUT2D eigenvalue weighted by molar-refractivity contribution is 5.95. The fraction of sp³-hybridized carbons (Fsp3) is 0.361. The Morgan fingerprint density at radius 3 is 1.51 bits per heavy atom. The van der Waals surface area contributed by atoms with Gasteiger partial charge in [-0.05, 0) is 102 Å². The van der Waals surface area contributed by atoms with E-state index in [1.165, 1.54) is 29.0 Å². The molecular weight excluding hydrogens is 1250 g/mol. The Labute approximate surface area is 537 Å². The van der Waals surface area contributed by atoms with Crippen molar-refractivity contribution >= 4 is 74.2 Å². The molecule has 3 fully saturated rings. The lowest BCUT2D eigenvalue weighted by atomic mass is 9.97. The SMILES string of the molecule is CC(C)=CC(=O)N1CCN(c2ccnc(-c3c[nH]c4ncccc34)n2)[C@@H](C(=O)NCC(F)(F)F)C1.C[C@]1(C(=O)NCC(F)(F)F)CCCN1c1ccnc(-c2c[nH]c3ncccc23)n1.C[C@]1(C(=O)NCC(F)(F)F)CCCN1c1nc(-c2c[nH]c3ncccc23)ncc1F.[HH].[HH].[HH].[HH].[HH].[HH]. The maximum atomic E-state index is 14.7. The predicted octanol–water partition coefficient (Wildman–Crippen LogP) is 10.4. The van der Waals surface area contributed by atoms with Gasteiger partial charge in [-0.2, -0.15) is 39.5 Å². The highest BCUT2D eigenvalue weighted by Crippen LogP contribution is 2.38. The summed E-state index contributed by atoms with van der Waals surface area (Å²) in [6, 6.07) is 13.1. The van der Waals surface area contributed by atoms with Crippen molar-refractivity contribution in [1.82, 2.24) is 80.7 Å². The minimum absolute atomic E-state index is 0. The number of fused-ring (bicyclic) bond motifs is 3. The summed E-state index contributed by atoms with van der Waals surface area (Å²) in [7, 11) is 0. The van der Waals surface area contributed by atoms with Gasteiger partial charge in [-0.1, -0.05) is 5.57 Å². The number of aromatic amines is 3. The summed E-state index contributed by atoms with van der Waals surface area (Å²) >= 11 is 0. The number of H-pyrrole nitrogens is 3. The number of pyridine rings is 3. The summed E-state index contributed by atoms with van der Waals surface area (Å²) in [5, 5.41) is 8.26. The third kappa shape index (κ3) is 15.1. The van der Waals surface area contributed by atoms with Gasteiger partial charge in [0, 0.05) is 123 Å². The molecular formula is C61H73F10N19O4. The van der Waals surface area contributed by atoms with Gasteiger partial charge in [-0.3, -0.25) is 19.2 Å². The number of piperazine rings is 1. The van der Waals surface area contributed by atoms with E-state index in [0.717, 1.165) is 33.5 Å². The Bertz CT molecular complexity index is 4300. The standard InChI is InChI=1S/C23H24F3N7O2.C19H18F4N6O.C19H19F3N6O.6H2/c1-14(2)10-19(34)32-8-9-33(17(12-32)22(35)30-13-23(24,25)26)18-5-7-28-21(31-18)16-11-29-20-15(16)4-3-6-27-20;1-18(17(30)27-10-19(21,22)23)5-3-7-29(18)16-13(20)9-26-15(28-16)12-8-25-14-11(12)4-2-6-24-14;1-18(17(29)26-11-19(20,21)22)6-3-9-28(18)14-5-8-24-16(27-14)13-10-25-15-12(13)4-2-7-23-15;;;;;;/h3-7,10-11,17H,8-9,12-13H2,1-2H3,(H,27,29)(H,30,35);2,4,6,8-9H,3,5,7,10H2,1H3,(H,24,25)(H,27,30);2,4-5,7-8,10H,3,6,9,11H2,1H3,(H,23,25)(H,26,29);6*1H/t17-;2*18-;;;;;;/m111....../s1. The van der Waals surface area contributed by atoms with Crippen LogP contribution in [0.4, 0.5) is 61.4 Å². The van der Waals surface area contributed by atoms with Crippen LogP contribution in [-0.2, 0) is 19.2 Å². The van der Waals surface area contributed by atoms with E-state index in [-0.39, 0.29) is 58.7 Å². The van der Waals surface area contributed by atoms with E-state index in [2.05, 4.69) is 59.8 Å². The zero-order valence-corrected chi connectivity index (χ0v) is 50.7. The van der Waals surface area contributed by atoms with E-state index < -0.39 is 78.8 Å². The van der Waals surface area contributed by atoms with E-state index in [9.17, 15) is 63.1 Å². The Balaban J connectivity index is 0.000000310. The molecule has 0 aliphatic carbocycles. The fourth-order valence-electron chi connectivity index (χ4n) is 11.3. The second-order valence-corrected chi connectivity index (χ2v) is 22.8. The number of amides is 4. The first-order valence-corrected chi connectivity index (χ1v) is 29.4. The lowest BCUT2D eigenvalue weighted by Crippen LogP contribution is -2.61. The highest BCUT2D eigenvalue weighted by atomic mass is 19.4. The number of nitrogens with one attached hydrogen (secondary N) is 6. The van der Waals surface area contributed by atoms with Gasteiger partial charge >= 0.3 is 18.5 Å². The summed E-state index contributed by atoms with van der Waals surface area (Å²) in [5.41, 5.74) is 2.34. The number of carbonyl (C=O) groups is 4. The molecule has 0 radical (unpaired) electrons. The molecule has 3 aliphatic heterocycles. The molecule has 3 aliphatic rings. The Morgan fingerprint density at radius 1 is 0.574 bits per heavy atom. The summed E-state index contributed by atoms with van der Waals surface area (Å²) in [6.07, 6.45) is 3.96. The summed E-state index contributed by atoms with van der Waals surface area (Å²) in [5.74, 6) is -1.60. The van der Waals surface area contributed by atoms with Crippen LogP contribution in [0.25, 0.3) is 67.3 Å². The van der Waals surface area contributed by atoms with Crippen molar-refractivity contribution in [2.75, 3.05) is 67.1 Å². The van der Waals surface area contributed by atoms with Crippen LogP contribution in [0, 0.1) is 5.82 Å². The lowest BCUT2D eigenvalue weighted by molar-refractivity contribution is -0.141. The number of hydrogen-bond donors (Lipinski definition) is 6. The second kappa shape index (κ2) is 27.1. The molecule has 3 atom stereocenters. The topological polar surface area (TPSA) is 281 Å². The quantitative estimate of drug-likeness (QED) is 0.0462. The van der Waals surface area contributed by atoms with E-state index in [1.807, 2.05) is 40.2 Å². The Hall–Kier alpha value is -10.4. The number of nitrogens with zero attached hydrogens (tertiary/aromatic N) is 13. The number of carbonyl (C=O) groups excluding carboxylic acids is 4. The molecule has 0 aromatic carbocycles. The Kier molecular flexibility index (Phi) is 19.2. The molecule has 0 unspecified atom stereocenters. The highest BCUT2D eigenvalue weighted by Gasteiger charge is 2.47. The first kappa shape index (κ1) is 66.5. The number of anilines is 3. The van der Waals surface area contributed by atoms with Crippen LogP contribution in [0.5, 0.6) is 0 Å². The van der Waals surface area contributed by atoms with E-state index in [0.29, 0.717) is 77.2 Å². The van der Waals surface area contributed by atoms with Crippen molar-refractivity contribution in [3.05, 3.63) is 122 Å². The van der Waals surface area contributed by atoms with Gasteiger partial charge in [-0.25, -0.2) is 49.2 Å². The third-order valence-corrected chi connectivity index (χ3v) is 15.9. The van der Waals surface area contributed by atoms with Crippen molar-refractivity contribution in [2.45, 2.75) is 89.0 Å². The van der Waals surface area contributed by atoms with Gasteiger partial charge < -0.3 is 50.5 Å². The summed E-state index contributed by atoms with van der Waals surface area (Å²) in [4.78, 5) is 105. The third-order valence-electron chi connectivity index (χ3n) is 15.9. The van der Waals surface area contributed by atoms with Gasteiger partial charge in [0.15, 0.2) is 29.1 Å². The molecule has 4 amide bonds. The predicted molar refractivity (Wildman–Crippen MR) is 338 cm³/mol. The number of halogens is 10. The molecule has 0 spiro atoms. The second-order valence-electron chi connectivity index (χ2n) is 22.8. The fourth-order valence-corrected chi connectivity index (χ4v) is 11.3. The van der Waals surface area contributed by atoms with Crippen molar-refractivity contribution in [3.8, 4) is 34.2 Å². The van der Waals surface area contributed by atoms with Crippen LogP contribution in [-0.4, -0.2) is 176 Å². The molecule has 9 aromatic rings. The zero-order valence-electron chi connectivity index (χ0n) is 50.7. The number of rotatable bonds is 13. The Morgan fingerprint density at radius 2 is 1.02 bits per heavy atom. The zero-order chi connectivity index (χ0) is 67.3. The molecule has 506 valence electrons. The molecule has 6 N–H and O–H groups in total. The maximum Gasteiger partial charge on any atom is 0.405 e. The number of allylic oxidation sites excluding steroid dienone is 1. The van der Waals surface area contributed by atoms with Gasteiger partial charge in [0.25, 0.3) is 0 Å². The van der Waals surface area contributed by atoms with Gasteiger partial charge in [0.05, 0.1) is 12.7 Å². The first-order chi connectivity index (χ1) is 44.6. The van der Waals surface area contributed by atoms with E-state index in [4.69, 9.17) is 0 Å². The number of aromatic nitrogens is 12. The molecule has 0 bridgehead atoms. The van der Waals surface area contributed by atoms with Crippen molar-refractivity contribution < 1.29 is 71.6 Å². The van der Waals surface area contributed by atoms with E-state index >= 15 is 0 Å². The minimum Gasteiger partial charge on any atom is -0.345 e. The molecule has 94 heavy (non-hydrogen) atoms. The molecule has 33 heteroatoms.